The monoisotopic (exact) mass is 214 g/mol. The Balaban J connectivity index is 1.62. The van der Waals surface area contributed by atoms with Crippen molar-refractivity contribution < 1.29 is 9.47 Å². The Morgan fingerprint density at radius 3 is 2.33 bits per heavy atom. The van der Waals surface area contributed by atoms with Crippen LogP contribution in [0, 0.1) is 0 Å². The highest BCUT2D eigenvalue weighted by molar-refractivity contribution is 4.67. The van der Waals surface area contributed by atoms with Crippen LogP contribution in [-0.4, -0.2) is 25.9 Å². The van der Waals surface area contributed by atoms with E-state index in [4.69, 9.17) is 9.47 Å². The number of hydrogen-bond donors (Lipinski definition) is 0. The van der Waals surface area contributed by atoms with Crippen LogP contribution in [0.15, 0.2) is 0 Å². The summed E-state index contributed by atoms with van der Waals surface area (Å²) in [6.07, 6.45) is 11.1. The molecule has 0 saturated carbocycles. The largest absolute Gasteiger partial charge is 0.381 e. The molecule has 0 aromatic carbocycles. The second-order valence-electron chi connectivity index (χ2n) is 4.48. The summed E-state index contributed by atoms with van der Waals surface area (Å²) in [5.41, 5.74) is 0. The fraction of sp³-hybridized carbons (Fsp3) is 1.00. The van der Waals surface area contributed by atoms with E-state index in [0.29, 0.717) is 6.10 Å². The molecule has 1 heterocycles. The molecule has 1 atom stereocenters. The first-order valence-corrected chi connectivity index (χ1v) is 6.63. The van der Waals surface area contributed by atoms with Gasteiger partial charge in [0.25, 0.3) is 0 Å². The van der Waals surface area contributed by atoms with Gasteiger partial charge in [0.05, 0.1) is 12.7 Å². The van der Waals surface area contributed by atoms with Gasteiger partial charge in [-0.2, -0.15) is 0 Å². The van der Waals surface area contributed by atoms with Gasteiger partial charge in [-0.3, -0.25) is 0 Å². The quantitative estimate of drug-likeness (QED) is 0.387. The first-order valence-electron chi connectivity index (χ1n) is 6.63. The fourth-order valence-corrected chi connectivity index (χ4v) is 1.71. The number of hydrogen-bond acceptors (Lipinski definition) is 2. The van der Waals surface area contributed by atoms with Crippen molar-refractivity contribution in [2.24, 2.45) is 0 Å². The van der Waals surface area contributed by atoms with Crippen molar-refractivity contribution in [1.29, 1.82) is 0 Å². The van der Waals surface area contributed by atoms with Crippen LogP contribution in [0.2, 0.25) is 0 Å². The van der Waals surface area contributed by atoms with E-state index < -0.39 is 0 Å². The average molecular weight is 214 g/mol. The van der Waals surface area contributed by atoms with E-state index in [1.807, 2.05) is 0 Å². The molecule has 0 aromatic rings. The zero-order valence-corrected chi connectivity index (χ0v) is 10.2. The highest BCUT2D eigenvalue weighted by atomic mass is 16.6. The third-order valence-electron chi connectivity index (χ3n) is 2.88. The Bertz CT molecular complexity index is 132. The number of epoxide rings is 1. The number of unbranched alkanes of at least 4 members (excludes halogenated alkanes) is 6. The molecule has 1 rings (SSSR count). The molecule has 1 unspecified atom stereocenters. The van der Waals surface area contributed by atoms with E-state index >= 15 is 0 Å². The lowest BCUT2D eigenvalue weighted by atomic mass is 10.1. The molecule has 90 valence electrons. The Hall–Kier alpha value is -0.0800. The van der Waals surface area contributed by atoms with Crippen molar-refractivity contribution in [2.45, 2.75) is 64.4 Å². The molecule has 0 aliphatic carbocycles. The van der Waals surface area contributed by atoms with E-state index in [0.717, 1.165) is 26.2 Å². The van der Waals surface area contributed by atoms with Crippen LogP contribution in [-0.2, 0) is 9.47 Å². The van der Waals surface area contributed by atoms with E-state index in [-0.39, 0.29) is 0 Å². The maximum Gasteiger partial charge on any atom is 0.0831 e. The highest BCUT2D eigenvalue weighted by Crippen LogP contribution is 2.13. The molecule has 15 heavy (non-hydrogen) atoms. The summed E-state index contributed by atoms with van der Waals surface area (Å²) in [4.78, 5) is 0. The summed E-state index contributed by atoms with van der Waals surface area (Å²) in [5, 5.41) is 0. The minimum Gasteiger partial charge on any atom is -0.381 e. The van der Waals surface area contributed by atoms with E-state index in [1.54, 1.807) is 0 Å². The van der Waals surface area contributed by atoms with Crippen LogP contribution in [0.4, 0.5) is 0 Å². The van der Waals surface area contributed by atoms with Crippen molar-refractivity contribution in [2.75, 3.05) is 19.8 Å². The lowest BCUT2D eigenvalue weighted by Gasteiger charge is -2.03. The molecule has 1 aliphatic rings. The van der Waals surface area contributed by atoms with E-state index in [1.165, 1.54) is 44.9 Å². The molecular formula is C13H26O2. The molecule has 0 aromatic heterocycles. The summed E-state index contributed by atoms with van der Waals surface area (Å²) in [5.74, 6) is 0. The van der Waals surface area contributed by atoms with Crippen molar-refractivity contribution in [3.05, 3.63) is 0 Å². The van der Waals surface area contributed by atoms with Gasteiger partial charge in [-0.25, -0.2) is 0 Å². The zero-order chi connectivity index (χ0) is 10.8. The van der Waals surface area contributed by atoms with Gasteiger partial charge in [-0.1, -0.05) is 45.4 Å². The van der Waals surface area contributed by atoms with Crippen LogP contribution < -0.4 is 0 Å². The maximum absolute atomic E-state index is 5.53. The van der Waals surface area contributed by atoms with Gasteiger partial charge in [-0.15, -0.1) is 0 Å². The van der Waals surface area contributed by atoms with E-state index in [9.17, 15) is 0 Å². The third kappa shape index (κ3) is 8.88. The number of ether oxygens (including phenoxy) is 2. The second-order valence-corrected chi connectivity index (χ2v) is 4.48. The van der Waals surface area contributed by atoms with Crippen LogP contribution in [0.25, 0.3) is 0 Å². The predicted molar refractivity (Wildman–Crippen MR) is 63.2 cm³/mol. The minimum absolute atomic E-state index is 0.527. The SMILES string of the molecule is CCCCCCCCCOCCC1CO1. The van der Waals surface area contributed by atoms with Crippen LogP contribution in [0.3, 0.4) is 0 Å². The minimum atomic E-state index is 0.527. The normalized spacial score (nSPS) is 19.4. The summed E-state index contributed by atoms with van der Waals surface area (Å²) in [6, 6.07) is 0. The Morgan fingerprint density at radius 2 is 1.67 bits per heavy atom. The lowest BCUT2D eigenvalue weighted by Crippen LogP contribution is -2.00. The van der Waals surface area contributed by atoms with Gasteiger partial charge in [0.15, 0.2) is 0 Å². The summed E-state index contributed by atoms with van der Waals surface area (Å²) in [6.45, 7) is 5.05. The third-order valence-corrected chi connectivity index (χ3v) is 2.88. The summed E-state index contributed by atoms with van der Waals surface area (Å²) in [7, 11) is 0. The molecule has 0 amide bonds. The molecule has 1 aliphatic heterocycles. The summed E-state index contributed by atoms with van der Waals surface area (Å²) < 4.78 is 10.6. The fourth-order valence-electron chi connectivity index (χ4n) is 1.71. The molecule has 2 heteroatoms. The average Bonchev–Trinajstić information content (AvgIpc) is 3.05. The first kappa shape index (κ1) is 13.0. The highest BCUT2D eigenvalue weighted by Gasteiger charge is 2.21. The molecule has 0 spiro atoms. The molecule has 0 radical (unpaired) electrons. The summed E-state index contributed by atoms with van der Waals surface area (Å²) >= 11 is 0. The predicted octanol–water partition coefficient (Wildman–Crippen LogP) is 3.54. The smallest absolute Gasteiger partial charge is 0.0831 e. The Morgan fingerprint density at radius 1 is 1.00 bits per heavy atom. The Kier molecular flexibility index (Phi) is 7.94. The van der Waals surface area contributed by atoms with Gasteiger partial charge in [0.1, 0.15) is 0 Å². The van der Waals surface area contributed by atoms with Crippen LogP contribution in [0.1, 0.15) is 58.3 Å². The zero-order valence-electron chi connectivity index (χ0n) is 10.2. The molecular weight excluding hydrogens is 188 g/mol. The van der Waals surface area contributed by atoms with Crippen molar-refractivity contribution in [3.8, 4) is 0 Å². The maximum atomic E-state index is 5.53. The van der Waals surface area contributed by atoms with Gasteiger partial charge in [0.2, 0.25) is 0 Å². The first-order chi connectivity index (χ1) is 7.43. The van der Waals surface area contributed by atoms with Gasteiger partial charge in [-0.05, 0) is 12.8 Å². The van der Waals surface area contributed by atoms with Gasteiger partial charge < -0.3 is 9.47 Å². The number of rotatable bonds is 11. The van der Waals surface area contributed by atoms with Crippen molar-refractivity contribution in [3.63, 3.8) is 0 Å². The standard InChI is InChI=1S/C13H26O2/c1-2-3-4-5-6-7-8-10-14-11-9-13-12-15-13/h13H,2-12H2,1H3. The van der Waals surface area contributed by atoms with Crippen molar-refractivity contribution in [1.82, 2.24) is 0 Å². The lowest BCUT2D eigenvalue weighted by molar-refractivity contribution is 0.121. The van der Waals surface area contributed by atoms with Crippen molar-refractivity contribution >= 4 is 0 Å². The van der Waals surface area contributed by atoms with E-state index in [2.05, 4.69) is 6.92 Å². The van der Waals surface area contributed by atoms with Crippen LogP contribution in [0.5, 0.6) is 0 Å². The van der Waals surface area contributed by atoms with Gasteiger partial charge in [0, 0.05) is 13.2 Å². The van der Waals surface area contributed by atoms with Crippen LogP contribution >= 0.6 is 0 Å². The second kappa shape index (κ2) is 9.17. The Labute approximate surface area is 94.3 Å². The molecule has 0 bridgehead atoms. The molecule has 1 fully saturated rings. The molecule has 1 saturated heterocycles. The topological polar surface area (TPSA) is 21.8 Å². The van der Waals surface area contributed by atoms with Gasteiger partial charge >= 0.3 is 0 Å². The molecule has 2 nitrogen and oxygen atoms in total. The molecule has 0 N–H and O–H groups in total.